The summed E-state index contributed by atoms with van der Waals surface area (Å²) in [5.74, 6) is 0.145. The van der Waals surface area contributed by atoms with Gasteiger partial charge in [0.2, 0.25) is 0 Å². The van der Waals surface area contributed by atoms with Crippen LogP contribution in [-0.2, 0) is 13.6 Å². The van der Waals surface area contributed by atoms with Gasteiger partial charge in [0.25, 0.3) is 0 Å². The number of halogens is 1. The minimum Gasteiger partial charge on any atom is -0.506 e. The third kappa shape index (κ3) is 2.91. The van der Waals surface area contributed by atoms with Gasteiger partial charge in [-0.05, 0) is 19.9 Å². The Labute approximate surface area is 118 Å². The van der Waals surface area contributed by atoms with Gasteiger partial charge in [-0.2, -0.15) is 5.10 Å². The van der Waals surface area contributed by atoms with Gasteiger partial charge in [-0.15, -0.1) is 0 Å². The van der Waals surface area contributed by atoms with Crippen molar-refractivity contribution < 1.29 is 5.11 Å². The van der Waals surface area contributed by atoms with Gasteiger partial charge in [-0.3, -0.25) is 4.68 Å². The summed E-state index contributed by atoms with van der Waals surface area (Å²) in [4.78, 5) is 0. The van der Waals surface area contributed by atoms with E-state index in [0.29, 0.717) is 11.6 Å². The molecule has 1 atom stereocenters. The third-order valence-corrected chi connectivity index (χ3v) is 3.71. The lowest BCUT2D eigenvalue weighted by molar-refractivity contribution is 0.460. The Kier molecular flexibility index (Phi) is 4.12. The van der Waals surface area contributed by atoms with Crippen LogP contribution in [0, 0.1) is 6.92 Å². The summed E-state index contributed by atoms with van der Waals surface area (Å²) in [6, 6.07) is 5.53. The molecular formula is C14H18ClN3O. The van der Waals surface area contributed by atoms with Gasteiger partial charge in [0.15, 0.2) is 0 Å². The van der Waals surface area contributed by atoms with Crippen LogP contribution in [0.4, 0.5) is 0 Å². The number of nitrogens with zero attached hydrogens (tertiary/aromatic N) is 2. The van der Waals surface area contributed by atoms with Crippen LogP contribution in [0.2, 0.25) is 5.02 Å². The van der Waals surface area contributed by atoms with Crippen LogP contribution in [0.15, 0.2) is 24.4 Å². The maximum absolute atomic E-state index is 9.85. The van der Waals surface area contributed by atoms with E-state index in [1.165, 1.54) is 0 Å². The van der Waals surface area contributed by atoms with E-state index < -0.39 is 0 Å². The summed E-state index contributed by atoms with van der Waals surface area (Å²) in [5, 5.41) is 17.8. The van der Waals surface area contributed by atoms with Crippen molar-refractivity contribution in [2.45, 2.75) is 26.4 Å². The summed E-state index contributed by atoms with van der Waals surface area (Å²) in [6.07, 6.45) is 1.87. The number of rotatable bonds is 4. The van der Waals surface area contributed by atoms with Gasteiger partial charge in [0.1, 0.15) is 5.75 Å². The molecule has 4 nitrogen and oxygen atoms in total. The molecule has 0 aliphatic heterocycles. The van der Waals surface area contributed by atoms with E-state index in [-0.39, 0.29) is 11.8 Å². The largest absolute Gasteiger partial charge is 0.506 e. The fraction of sp³-hybridized carbons (Fsp3) is 0.357. The van der Waals surface area contributed by atoms with Crippen LogP contribution >= 0.6 is 11.6 Å². The second-order valence-electron chi connectivity index (χ2n) is 4.66. The monoisotopic (exact) mass is 279 g/mol. The molecule has 5 heteroatoms. The maximum Gasteiger partial charge on any atom is 0.138 e. The Morgan fingerprint density at radius 1 is 1.47 bits per heavy atom. The van der Waals surface area contributed by atoms with Crippen LogP contribution in [0.1, 0.15) is 29.8 Å². The summed E-state index contributed by atoms with van der Waals surface area (Å²) < 4.78 is 1.85. The minimum atomic E-state index is 0.145. The van der Waals surface area contributed by atoms with Crippen molar-refractivity contribution in [2.24, 2.45) is 7.05 Å². The molecule has 2 rings (SSSR count). The Morgan fingerprint density at radius 3 is 2.84 bits per heavy atom. The number of hydrogen-bond acceptors (Lipinski definition) is 3. The van der Waals surface area contributed by atoms with E-state index in [9.17, 15) is 5.11 Å². The molecule has 0 bridgehead atoms. The van der Waals surface area contributed by atoms with E-state index >= 15 is 0 Å². The molecule has 0 saturated heterocycles. The van der Waals surface area contributed by atoms with Gasteiger partial charge in [0.05, 0.1) is 11.2 Å². The highest BCUT2D eigenvalue weighted by molar-refractivity contribution is 6.32. The average molecular weight is 280 g/mol. The number of phenolic OH excluding ortho intramolecular Hbond substituents is 1. The van der Waals surface area contributed by atoms with Gasteiger partial charge in [-0.25, -0.2) is 0 Å². The molecule has 102 valence electrons. The molecule has 0 radical (unpaired) electrons. The second-order valence-corrected chi connectivity index (χ2v) is 5.07. The van der Waals surface area contributed by atoms with Crippen molar-refractivity contribution in [3.8, 4) is 5.75 Å². The zero-order valence-electron chi connectivity index (χ0n) is 11.3. The van der Waals surface area contributed by atoms with Gasteiger partial charge in [-0.1, -0.05) is 23.7 Å². The first kappa shape index (κ1) is 13.9. The number of aromatic nitrogens is 2. The highest BCUT2D eigenvalue weighted by atomic mass is 35.5. The number of benzene rings is 1. The van der Waals surface area contributed by atoms with Gasteiger partial charge < -0.3 is 10.4 Å². The Hall–Kier alpha value is -1.52. The van der Waals surface area contributed by atoms with Crippen LogP contribution in [0.25, 0.3) is 0 Å². The smallest absolute Gasteiger partial charge is 0.138 e. The lowest BCUT2D eigenvalue weighted by Crippen LogP contribution is -2.18. The molecule has 19 heavy (non-hydrogen) atoms. The highest BCUT2D eigenvalue weighted by Crippen LogP contribution is 2.27. The van der Waals surface area contributed by atoms with Gasteiger partial charge >= 0.3 is 0 Å². The molecule has 2 aromatic rings. The number of para-hydroxylation sites is 1. The fourth-order valence-electron chi connectivity index (χ4n) is 2.02. The van der Waals surface area contributed by atoms with Crippen molar-refractivity contribution in [1.82, 2.24) is 15.1 Å². The summed E-state index contributed by atoms with van der Waals surface area (Å²) >= 11 is 5.88. The van der Waals surface area contributed by atoms with Crippen LogP contribution in [-0.4, -0.2) is 14.9 Å². The normalized spacial score (nSPS) is 12.6. The van der Waals surface area contributed by atoms with Crippen LogP contribution < -0.4 is 5.32 Å². The van der Waals surface area contributed by atoms with Crippen LogP contribution in [0.3, 0.4) is 0 Å². The predicted octanol–water partition coefficient (Wildman–Crippen LogP) is 2.94. The molecule has 1 unspecified atom stereocenters. The third-order valence-electron chi connectivity index (χ3n) is 3.41. The van der Waals surface area contributed by atoms with Gasteiger partial charge in [0, 0.05) is 36.5 Å². The van der Waals surface area contributed by atoms with E-state index in [4.69, 9.17) is 11.6 Å². The predicted molar refractivity (Wildman–Crippen MR) is 76.3 cm³/mol. The molecule has 2 N–H and O–H groups in total. The molecule has 1 heterocycles. The van der Waals surface area contributed by atoms with Crippen molar-refractivity contribution in [2.75, 3.05) is 0 Å². The zero-order valence-corrected chi connectivity index (χ0v) is 12.1. The van der Waals surface area contributed by atoms with E-state index in [2.05, 4.69) is 17.3 Å². The molecule has 0 saturated carbocycles. The standard InChI is InChI=1S/C14H18ClN3O/c1-9(12-8-17-18(3)10(12)2)16-7-11-5-4-6-13(15)14(11)19/h4-6,8-9,16,19H,7H2,1-3H3. The number of hydrogen-bond donors (Lipinski definition) is 2. The van der Waals surface area contributed by atoms with Crippen molar-refractivity contribution in [1.29, 1.82) is 0 Å². The topological polar surface area (TPSA) is 50.1 Å². The lowest BCUT2D eigenvalue weighted by atomic mass is 10.1. The van der Waals surface area contributed by atoms with E-state index in [1.54, 1.807) is 6.07 Å². The fourth-order valence-corrected chi connectivity index (χ4v) is 2.21. The van der Waals surface area contributed by atoms with E-state index in [0.717, 1.165) is 16.8 Å². The maximum atomic E-state index is 9.85. The molecule has 0 spiro atoms. The first-order valence-electron chi connectivity index (χ1n) is 6.19. The molecular weight excluding hydrogens is 262 g/mol. The molecule has 1 aromatic heterocycles. The molecule has 0 amide bonds. The Balaban J connectivity index is 2.06. The SMILES string of the molecule is Cc1c(C(C)NCc2cccc(Cl)c2O)cnn1C. The number of aromatic hydroxyl groups is 1. The molecule has 1 aromatic carbocycles. The van der Waals surface area contributed by atoms with Crippen molar-refractivity contribution in [3.05, 3.63) is 46.2 Å². The average Bonchev–Trinajstić information content (AvgIpc) is 2.72. The van der Waals surface area contributed by atoms with Crippen molar-refractivity contribution in [3.63, 3.8) is 0 Å². The Morgan fingerprint density at radius 2 is 2.21 bits per heavy atom. The summed E-state index contributed by atoms with van der Waals surface area (Å²) in [7, 11) is 1.92. The first-order chi connectivity index (χ1) is 9.00. The number of phenols is 1. The second kappa shape index (κ2) is 5.63. The molecule has 0 fully saturated rings. The quantitative estimate of drug-likeness (QED) is 0.905. The molecule has 0 aliphatic carbocycles. The van der Waals surface area contributed by atoms with Crippen LogP contribution in [0.5, 0.6) is 5.75 Å². The molecule has 0 aliphatic rings. The summed E-state index contributed by atoms with van der Waals surface area (Å²) in [5.41, 5.74) is 3.08. The minimum absolute atomic E-state index is 0.145. The number of nitrogens with one attached hydrogen (secondary N) is 1. The lowest BCUT2D eigenvalue weighted by Gasteiger charge is -2.14. The Bertz CT molecular complexity index is 580. The zero-order chi connectivity index (χ0) is 14.0. The number of aryl methyl sites for hydroxylation is 1. The first-order valence-corrected chi connectivity index (χ1v) is 6.56. The summed E-state index contributed by atoms with van der Waals surface area (Å²) in [6.45, 7) is 4.67. The van der Waals surface area contributed by atoms with Crippen molar-refractivity contribution >= 4 is 11.6 Å². The highest BCUT2D eigenvalue weighted by Gasteiger charge is 2.12. The van der Waals surface area contributed by atoms with E-state index in [1.807, 2.05) is 37.0 Å².